The van der Waals surface area contributed by atoms with E-state index in [1.807, 2.05) is 0 Å². The molecule has 0 fully saturated rings. The zero-order valence-corrected chi connectivity index (χ0v) is 18.2. The van der Waals surface area contributed by atoms with E-state index in [1.54, 1.807) is 44.4 Å². The molecule has 4 rings (SSSR count). The number of carbonyl (C=O) groups is 2. The van der Waals surface area contributed by atoms with Crippen LogP contribution in [0.3, 0.4) is 0 Å². The molecule has 7 nitrogen and oxygen atoms in total. The van der Waals surface area contributed by atoms with Crippen molar-refractivity contribution in [1.82, 2.24) is 14.8 Å². The summed E-state index contributed by atoms with van der Waals surface area (Å²) in [5.41, 5.74) is 2.64. The van der Waals surface area contributed by atoms with E-state index in [-0.39, 0.29) is 21.8 Å². The summed E-state index contributed by atoms with van der Waals surface area (Å²) in [5, 5.41) is 7.66. The van der Waals surface area contributed by atoms with Crippen LogP contribution >= 0.6 is 11.6 Å². The smallest absolute Gasteiger partial charge is 0.337 e. The van der Waals surface area contributed by atoms with E-state index in [2.05, 4.69) is 20.1 Å². The third-order valence-corrected chi connectivity index (χ3v) is 5.40. The molecular formula is C23H18ClFN4O3. The highest BCUT2D eigenvalue weighted by atomic mass is 35.5. The minimum atomic E-state index is -0.694. The van der Waals surface area contributed by atoms with E-state index in [0.29, 0.717) is 27.8 Å². The first kappa shape index (κ1) is 21.5. The number of anilines is 1. The Hall–Kier alpha value is -3.78. The van der Waals surface area contributed by atoms with Crippen molar-refractivity contribution in [3.8, 4) is 11.3 Å². The number of hydrogen-bond donors (Lipinski definition) is 1. The molecule has 32 heavy (non-hydrogen) atoms. The fourth-order valence-corrected chi connectivity index (χ4v) is 3.73. The summed E-state index contributed by atoms with van der Waals surface area (Å²) < 4.78 is 20.8. The average Bonchev–Trinajstić information content (AvgIpc) is 3.16. The fraction of sp³-hybridized carbons (Fsp3) is 0.130. The first-order chi connectivity index (χ1) is 15.3. The molecule has 0 bridgehead atoms. The molecule has 0 unspecified atom stereocenters. The van der Waals surface area contributed by atoms with Crippen LogP contribution in [0.4, 0.5) is 10.1 Å². The quantitative estimate of drug-likeness (QED) is 0.451. The van der Waals surface area contributed by atoms with Crippen LogP contribution < -0.4 is 5.32 Å². The Balaban J connectivity index is 1.95. The van der Waals surface area contributed by atoms with Gasteiger partial charge in [0.15, 0.2) is 0 Å². The minimum absolute atomic E-state index is 0.0608. The number of aromatic nitrogens is 3. The molecule has 4 aromatic rings. The topological polar surface area (TPSA) is 86.1 Å². The van der Waals surface area contributed by atoms with Crippen molar-refractivity contribution >= 4 is 40.2 Å². The number of benzene rings is 2. The second-order valence-corrected chi connectivity index (χ2v) is 7.43. The highest BCUT2D eigenvalue weighted by Gasteiger charge is 2.24. The van der Waals surface area contributed by atoms with Gasteiger partial charge in [0.25, 0.3) is 5.91 Å². The molecule has 0 aliphatic rings. The molecule has 2 heterocycles. The van der Waals surface area contributed by atoms with E-state index < -0.39 is 17.7 Å². The Kier molecular flexibility index (Phi) is 5.63. The number of hydrogen-bond acceptors (Lipinski definition) is 6. The number of methoxy groups -OCH3 is 1. The molecule has 0 saturated heterocycles. The SMILES string of the molecule is CNc1cnc2c(-c3ccc(C(=O)OC)cc3F)nn(C(=O)c3c(C)cccc3Cl)c2c1. The van der Waals surface area contributed by atoms with Crippen LogP contribution in [0.25, 0.3) is 22.3 Å². The second-order valence-electron chi connectivity index (χ2n) is 7.03. The lowest BCUT2D eigenvalue weighted by Crippen LogP contribution is -2.15. The van der Waals surface area contributed by atoms with Gasteiger partial charge in [-0.15, -0.1) is 0 Å². The largest absolute Gasteiger partial charge is 0.465 e. The predicted molar refractivity (Wildman–Crippen MR) is 120 cm³/mol. The van der Waals surface area contributed by atoms with Crippen molar-refractivity contribution in [3.05, 3.63) is 76.2 Å². The number of halogens is 2. The summed E-state index contributed by atoms with van der Waals surface area (Å²) in [6, 6.07) is 10.7. The van der Waals surface area contributed by atoms with Gasteiger partial charge in [0.1, 0.15) is 17.0 Å². The van der Waals surface area contributed by atoms with Gasteiger partial charge < -0.3 is 10.1 Å². The number of nitrogens with zero attached hydrogens (tertiary/aromatic N) is 3. The molecule has 0 aliphatic carbocycles. The number of aryl methyl sites for hydroxylation is 1. The Morgan fingerprint density at radius 2 is 1.97 bits per heavy atom. The van der Waals surface area contributed by atoms with Gasteiger partial charge in [-0.1, -0.05) is 23.7 Å². The third kappa shape index (κ3) is 3.58. The summed E-state index contributed by atoms with van der Waals surface area (Å²) in [6.07, 6.45) is 1.56. The van der Waals surface area contributed by atoms with Crippen LogP contribution in [-0.2, 0) is 4.74 Å². The Bertz CT molecular complexity index is 1360. The van der Waals surface area contributed by atoms with Gasteiger partial charge >= 0.3 is 5.97 Å². The molecule has 2 aromatic carbocycles. The summed E-state index contributed by atoms with van der Waals surface area (Å²) in [5.74, 6) is -1.82. The van der Waals surface area contributed by atoms with Crippen LogP contribution in [0, 0.1) is 12.7 Å². The van der Waals surface area contributed by atoms with Crippen LogP contribution in [0.1, 0.15) is 26.3 Å². The molecule has 0 spiro atoms. The Morgan fingerprint density at radius 3 is 2.62 bits per heavy atom. The van der Waals surface area contributed by atoms with Gasteiger partial charge in [0.05, 0.1) is 40.7 Å². The van der Waals surface area contributed by atoms with Gasteiger partial charge in [0, 0.05) is 12.6 Å². The molecule has 0 amide bonds. The van der Waals surface area contributed by atoms with Gasteiger partial charge in [-0.05, 0) is 42.8 Å². The van der Waals surface area contributed by atoms with Gasteiger partial charge in [-0.25, -0.2) is 9.18 Å². The third-order valence-electron chi connectivity index (χ3n) is 5.08. The van der Waals surface area contributed by atoms with Crippen LogP contribution in [-0.4, -0.2) is 40.8 Å². The van der Waals surface area contributed by atoms with Crippen molar-refractivity contribution < 1.29 is 18.7 Å². The van der Waals surface area contributed by atoms with Crippen molar-refractivity contribution in [1.29, 1.82) is 0 Å². The number of rotatable bonds is 4. The molecule has 2 aromatic heterocycles. The summed E-state index contributed by atoms with van der Waals surface area (Å²) in [4.78, 5) is 29.5. The predicted octanol–water partition coefficient (Wildman–Crippen LogP) is 4.72. The average molecular weight is 453 g/mol. The van der Waals surface area contributed by atoms with E-state index in [9.17, 15) is 14.0 Å². The summed E-state index contributed by atoms with van der Waals surface area (Å²) in [7, 11) is 2.94. The Morgan fingerprint density at radius 1 is 1.19 bits per heavy atom. The number of fused-ring (bicyclic) bond motifs is 1. The maximum absolute atomic E-state index is 15.0. The van der Waals surface area contributed by atoms with Crippen molar-refractivity contribution in [2.75, 3.05) is 19.5 Å². The van der Waals surface area contributed by atoms with E-state index in [4.69, 9.17) is 11.6 Å². The molecule has 0 saturated carbocycles. The summed E-state index contributed by atoms with van der Waals surface area (Å²) in [6.45, 7) is 1.77. The van der Waals surface area contributed by atoms with Crippen molar-refractivity contribution in [3.63, 3.8) is 0 Å². The summed E-state index contributed by atoms with van der Waals surface area (Å²) >= 11 is 6.30. The van der Waals surface area contributed by atoms with E-state index >= 15 is 0 Å². The van der Waals surface area contributed by atoms with Gasteiger partial charge in [0.2, 0.25) is 0 Å². The molecule has 9 heteroatoms. The van der Waals surface area contributed by atoms with E-state index in [1.165, 1.54) is 23.9 Å². The zero-order valence-electron chi connectivity index (χ0n) is 17.4. The standard InChI is InChI=1S/C23H18ClFN4O3/c1-12-5-4-6-16(24)19(12)22(30)29-18-10-14(26-2)11-27-21(18)20(28-29)15-8-7-13(9-17(15)25)23(31)32-3/h4-11,26H,1-3H3. The number of ether oxygens (including phenoxy) is 1. The normalized spacial score (nSPS) is 10.9. The van der Waals surface area contributed by atoms with Gasteiger partial charge in [-0.2, -0.15) is 9.78 Å². The number of pyridine rings is 1. The van der Waals surface area contributed by atoms with Crippen LogP contribution in [0.15, 0.2) is 48.7 Å². The first-order valence-electron chi connectivity index (χ1n) is 9.60. The lowest BCUT2D eigenvalue weighted by atomic mass is 10.1. The maximum atomic E-state index is 15.0. The second kappa shape index (κ2) is 8.39. The maximum Gasteiger partial charge on any atom is 0.337 e. The van der Waals surface area contributed by atoms with Gasteiger partial charge in [-0.3, -0.25) is 9.78 Å². The Labute approximate surface area is 187 Å². The molecule has 0 atom stereocenters. The monoisotopic (exact) mass is 452 g/mol. The highest BCUT2D eigenvalue weighted by molar-refractivity contribution is 6.34. The highest BCUT2D eigenvalue weighted by Crippen LogP contribution is 2.32. The van der Waals surface area contributed by atoms with Crippen molar-refractivity contribution in [2.24, 2.45) is 0 Å². The molecule has 1 N–H and O–H groups in total. The first-order valence-corrected chi connectivity index (χ1v) is 9.98. The van der Waals surface area contributed by atoms with E-state index in [0.717, 1.165) is 6.07 Å². The number of esters is 1. The zero-order chi connectivity index (χ0) is 23.0. The molecular weight excluding hydrogens is 435 g/mol. The van der Waals surface area contributed by atoms with Crippen LogP contribution in [0.2, 0.25) is 5.02 Å². The lowest BCUT2D eigenvalue weighted by molar-refractivity contribution is 0.0600. The molecule has 162 valence electrons. The lowest BCUT2D eigenvalue weighted by Gasteiger charge is -2.08. The number of carbonyl (C=O) groups excluding carboxylic acids is 2. The fourth-order valence-electron chi connectivity index (χ4n) is 3.43. The number of nitrogens with one attached hydrogen (secondary N) is 1. The minimum Gasteiger partial charge on any atom is -0.465 e. The van der Waals surface area contributed by atoms with Crippen molar-refractivity contribution in [2.45, 2.75) is 6.92 Å². The molecule has 0 radical (unpaired) electrons. The molecule has 0 aliphatic heterocycles. The van der Waals surface area contributed by atoms with Crippen LogP contribution in [0.5, 0.6) is 0 Å².